The summed E-state index contributed by atoms with van der Waals surface area (Å²) in [5, 5.41) is 10.1. The van der Waals surface area contributed by atoms with E-state index in [0.29, 0.717) is 40.4 Å². The SMILES string of the molecule is CC[C@H](CS(=O)(=O)C1CCCC1)N1C(=O)[C@H](CC(=O)O)O[C@H](c2cccc(Cl)c2)[C@H]1c1ccc(Cl)cc1. The molecule has 1 amide bonds. The van der Waals surface area contributed by atoms with Gasteiger partial charge in [0.1, 0.15) is 12.2 Å². The Bertz CT molecular complexity index is 1230. The second-order valence-electron chi connectivity index (χ2n) is 9.74. The van der Waals surface area contributed by atoms with Crippen molar-refractivity contribution in [2.24, 2.45) is 0 Å². The first-order valence-corrected chi connectivity index (χ1v) is 15.0. The average Bonchev–Trinajstić information content (AvgIpc) is 3.40. The van der Waals surface area contributed by atoms with Crippen molar-refractivity contribution in [1.82, 2.24) is 4.90 Å². The number of aliphatic carboxylic acids is 1. The Labute approximate surface area is 227 Å². The molecule has 2 aliphatic rings. The summed E-state index contributed by atoms with van der Waals surface area (Å²) < 4.78 is 33.0. The monoisotopic (exact) mass is 567 g/mol. The molecule has 1 heterocycles. The molecule has 0 spiro atoms. The van der Waals surface area contributed by atoms with E-state index < -0.39 is 57.7 Å². The van der Waals surface area contributed by atoms with E-state index in [0.717, 1.165) is 12.8 Å². The molecule has 1 aliphatic heterocycles. The van der Waals surface area contributed by atoms with Crippen LogP contribution in [0.1, 0.15) is 68.7 Å². The van der Waals surface area contributed by atoms with Crippen molar-refractivity contribution >= 4 is 44.9 Å². The summed E-state index contributed by atoms with van der Waals surface area (Å²) in [4.78, 5) is 27.1. The summed E-state index contributed by atoms with van der Waals surface area (Å²) in [6.45, 7) is 1.84. The summed E-state index contributed by atoms with van der Waals surface area (Å²) in [6, 6.07) is 12.6. The zero-order valence-electron chi connectivity index (χ0n) is 20.6. The molecule has 7 nitrogen and oxygen atoms in total. The van der Waals surface area contributed by atoms with Crippen LogP contribution in [-0.2, 0) is 24.2 Å². The Balaban J connectivity index is 1.83. The van der Waals surface area contributed by atoms with Crippen molar-refractivity contribution in [2.75, 3.05) is 5.75 Å². The maximum Gasteiger partial charge on any atom is 0.306 e. The molecule has 2 fully saturated rings. The number of halogens is 2. The highest BCUT2D eigenvalue weighted by Gasteiger charge is 2.48. The first-order chi connectivity index (χ1) is 17.6. The van der Waals surface area contributed by atoms with Gasteiger partial charge in [0.25, 0.3) is 5.91 Å². The van der Waals surface area contributed by atoms with Gasteiger partial charge in [-0.2, -0.15) is 0 Å². The molecule has 0 radical (unpaired) electrons. The minimum absolute atomic E-state index is 0.188. The number of hydrogen-bond donors (Lipinski definition) is 1. The summed E-state index contributed by atoms with van der Waals surface area (Å²) in [7, 11) is -3.48. The van der Waals surface area contributed by atoms with Crippen LogP contribution in [0.25, 0.3) is 0 Å². The molecular weight excluding hydrogens is 537 g/mol. The van der Waals surface area contributed by atoms with Gasteiger partial charge in [-0.15, -0.1) is 0 Å². The first-order valence-electron chi connectivity index (χ1n) is 12.5. The molecule has 2 aromatic rings. The van der Waals surface area contributed by atoms with Gasteiger partial charge >= 0.3 is 5.97 Å². The van der Waals surface area contributed by atoms with E-state index in [1.807, 2.05) is 13.0 Å². The number of nitrogens with zero attached hydrogens (tertiary/aromatic N) is 1. The van der Waals surface area contributed by atoms with E-state index in [2.05, 4.69) is 0 Å². The van der Waals surface area contributed by atoms with Crippen LogP contribution in [0, 0.1) is 0 Å². The molecule has 1 saturated heterocycles. The van der Waals surface area contributed by atoms with Crippen LogP contribution in [0.4, 0.5) is 0 Å². The van der Waals surface area contributed by atoms with E-state index in [9.17, 15) is 23.1 Å². The van der Waals surface area contributed by atoms with Crippen LogP contribution in [0.2, 0.25) is 10.0 Å². The van der Waals surface area contributed by atoms with E-state index in [1.165, 1.54) is 0 Å². The van der Waals surface area contributed by atoms with E-state index in [4.69, 9.17) is 27.9 Å². The minimum atomic E-state index is -3.48. The minimum Gasteiger partial charge on any atom is -0.481 e. The fourth-order valence-electron chi connectivity index (χ4n) is 5.45. The molecule has 37 heavy (non-hydrogen) atoms. The van der Waals surface area contributed by atoms with Crippen molar-refractivity contribution in [3.05, 3.63) is 69.7 Å². The fourth-order valence-corrected chi connectivity index (χ4v) is 8.03. The lowest BCUT2D eigenvalue weighted by atomic mass is 9.89. The summed E-state index contributed by atoms with van der Waals surface area (Å²) in [5.74, 6) is -1.90. The number of rotatable bonds is 9. The third-order valence-electron chi connectivity index (χ3n) is 7.28. The molecular formula is C27H31Cl2NO6S. The standard InChI is InChI=1S/C27H31Cl2NO6S/c1-2-21(16-37(34,35)22-8-3-4-9-22)30-25(17-10-12-19(28)13-11-17)26(18-6-5-7-20(29)14-18)36-23(27(30)33)15-24(31)32/h5-7,10-14,21-23,25-26H,2-4,8-9,15-16H2,1H3,(H,31,32)/t21-,23+,25-,26-/m1/s1. The summed E-state index contributed by atoms with van der Waals surface area (Å²) >= 11 is 12.4. The number of benzene rings is 2. The van der Waals surface area contributed by atoms with Gasteiger partial charge in [0, 0.05) is 16.1 Å². The Morgan fingerprint density at radius 3 is 2.35 bits per heavy atom. The number of amides is 1. The predicted octanol–water partition coefficient (Wildman–Crippen LogP) is 5.61. The second-order valence-corrected chi connectivity index (χ2v) is 12.9. The second kappa shape index (κ2) is 11.7. The Morgan fingerprint density at radius 1 is 1.08 bits per heavy atom. The molecule has 4 atom stereocenters. The molecule has 1 aliphatic carbocycles. The highest BCUT2D eigenvalue weighted by atomic mass is 35.5. The van der Waals surface area contributed by atoms with Crippen molar-refractivity contribution in [1.29, 1.82) is 0 Å². The average molecular weight is 569 g/mol. The smallest absolute Gasteiger partial charge is 0.306 e. The van der Waals surface area contributed by atoms with E-state index in [1.54, 1.807) is 47.4 Å². The number of carbonyl (C=O) groups excluding carboxylic acids is 1. The highest BCUT2D eigenvalue weighted by molar-refractivity contribution is 7.92. The number of carboxylic acid groups (broad SMARTS) is 1. The van der Waals surface area contributed by atoms with Crippen LogP contribution in [-0.4, -0.2) is 53.4 Å². The quantitative estimate of drug-likeness (QED) is 0.422. The molecule has 1 saturated carbocycles. The number of morpholine rings is 1. The lowest BCUT2D eigenvalue weighted by molar-refractivity contribution is -0.182. The molecule has 0 unspecified atom stereocenters. The molecule has 0 bridgehead atoms. The lowest BCUT2D eigenvalue weighted by Gasteiger charge is -2.48. The van der Waals surface area contributed by atoms with Gasteiger partial charge in [0.2, 0.25) is 0 Å². The predicted molar refractivity (Wildman–Crippen MR) is 142 cm³/mol. The topological polar surface area (TPSA) is 101 Å². The number of ether oxygens (including phenoxy) is 1. The van der Waals surface area contributed by atoms with Crippen molar-refractivity contribution in [3.63, 3.8) is 0 Å². The van der Waals surface area contributed by atoms with E-state index >= 15 is 0 Å². The number of carboxylic acids is 1. The largest absolute Gasteiger partial charge is 0.481 e. The lowest BCUT2D eigenvalue weighted by Crippen LogP contribution is -2.56. The van der Waals surface area contributed by atoms with Gasteiger partial charge in [-0.1, -0.05) is 67.2 Å². The van der Waals surface area contributed by atoms with Gasteiger partial charge in [-0.3, -0.25) is 9.59 Å². The molecule has 4 rings (SSSR count). The normalized spacial score (nSPS) is 23.8. The first kappa shape index (κ1) is 27.9. The molecule has 200 valence electrons. The van der Waals surface area contributed by atoms with Crippen molar-refractivity contribution in [2.45, 2.75) is 75.0 Å². The van der Waals surface area contributed by atoms with Crippen molar-refractivity contribution in [3.8, 4) is 0 Å². The zero-order chi connectivity index (χ0) is 26.7. The molecule has 1 N–H and O–H groups in total. The summed E-state index contributed by atoms with van der Waals surface area (Å²) in [5.41, 5.74) is 1.36. The van der Waals surface area contributed by atoms with Crippen molar-refractivity contribution < 1.29 is 27.9 Å². The third kappa shape index (κ3) is 6.30. The summed E-state index contributed by atoms with van der Waals surface area (Å²) in [6.07, 6.45) is 0.810. The van der Waals surface area contributed by atoms with Gasteiger partial charge in [-0.05, 0) is 54.7 Å². The number of sulfone groups is 1. The highest BCUT2D eigenvalue weighted by Crippen LogP contribution is 2.45. The van der Waals surface area contributed by atoms with Crippen LogP contribution >= 0.6 is 23.2 Å². The van der Waals surface area contributed by atoms with Gasteiger partial charge in [0.15, 0.2) is 9.84 Å². The Kier molecular flexibility index (Phi) is 8.84. The Morgan fingerprint density at radius 2 is 1.76 bits per heavy atom. The Hall–Kier alpha value is -2.13. The zero-order valence-corrected chi connectivity index (χ0v) is 22.9. The molecule has 2 aromatic carbocycles. The third-order valence-corrected chi connectivity index (χ3v) is 10.1. The van der Waals surface area contributed by atoms with Crippen LogP contribution in [0.5, 0.6) is 0 Å². The van der Waals surface area contributed by atoms with Crippen LogP contribution < -0.4 is 0 Å². The maximum atomic E-state index is 13.9. The number of carbonyl (C=O) groups is 2. The fraction of sp³-hybridized carbons (Fsp3) is 0.481. The number of hydrogen-bond acceptors (Lipinski definition) is 5. The molecule has 0 aromatic heterocycles. The van der Waals surface area contributed by atoms with Crippen LogP contribution in [0.15, 0.2) is 48.5 Å². The van der Waals surface area contributed by atoms with Crippen LogP contribution in [0.3, 0.4) is 0 Å². The van der Waals surface area contributed by atoms with Gasteiger partial charge in [0.05, 0.1) is 23.5 Å². The van der Waals surface area contributed by atoms with Gasteiger partial charge < -0.3 is 14.7 Å². The maximum absolute atomic E-state index is 13.9. The van der Waals surface area contributed by atoms with E-state index in [-0.39, 0.29) is 5.75 Å². The molecule has 10 heteroatoms. The van der Waals surface area contributed by atoms with Gasteiger partial charge in [-0.25, -0.2) is 8.42 Å².